The Morgan fingerprint density at radius 2 is 1.93 bits per heavy atom. The minimum Gasteiger partial charge on any atom is -0.491 e. The van der Waals surface area contributed by atoms with Gasteiger partial charge < -0.3 is 4.74 Å². The molecule has 80 valence electrons. The molecule has 0 bridgehead atoms. The predicted octanol–water partition coefficient (Wildman–Crippen LogP) is 3.25. The first-order chi connectivity index (χ1) is 7.08. The van der Waals surface area contributed by atoms with E-state index in [0.29, 0.717) is 0 Å². The van der Waals surface area contributed by atoms with Crippen molar-refractivity contribution in [3.05, 3.63) is 35.9 Å². The van der Waals surface area contributed by atoms with E-state index >= 15 is 0 Å². The Morgan fingerprint density at radius 3 is 2.40 bits per heavy atom. The van der Waals surface area contributed by atoms with E-state index in [2.05, 4.69) is 0 Å². The quantitative estimate of drug-likeness (QED) is 0.580. The maximum atomic E-state index is 10.5. The molecule has 2 nitrogen and oxygen atoms in total. The van der Waals surface area contributed by atoms with Crippen LogP contribution in [0.25, 0.3) is 6.08 Å². The van der Waals surface area contributed by atoms with Crippen molar-refractivity contribution in [3.8, 4) is 5.75 Å². The van der Waals surface area contributed by atoms with Crippen molar-refractivity contribution in [1.82, 2.24) is 0 Å². The van der Waals surface area contributed by atoms with Gasteiger partial charge in [0.1, 0.15) is 5.75 Å². The van der Waals surface area contributed by atoms with Gasteiger partial charge in [0, 0.05) is 0 Å². The molecule has 0 saturated heterocycles. The highest BCUT2D eigenvalue weighted by Crippen LogP contribution is 2.14. The second-order valence-corrected chi connectivity index (χ2v) is 3.75. The number of rotatable bonds is 4. The minimum absolute atomic E-state index is 0.163. The van der Waals surface area contributed by atoms with Gasteiger partial charge in [-0.05, 0) is 49.2 Å². The van der Waals surface area contributed by atoms with Gasteiger partial charge in [0.25, 0.3) is 0 Å². The fourth-order valence-corrected chi connectivity index (χ4v) is 1.15. The molecular formula is C12H13ClO2. The van der Waals surface area contributed by atoms with Gasteiger partial charge in [-0.1, -0.05) is 18.2 Å². The molecule has 0 amide bonds. The van der Waals surface area contributed by atoms with Crippen molar-refractivity contribution >= 4 is 22.9 Å². The van der Waals surface area contributed by atoms with Crippen LogP contribution in [0.15, 0.2) is 30.3 Å². The zero-order chi connectivity index (χ0) is 11.3. The lowest BCUT2D eigenvalue weighted by molar-refractivity contribution is -0.107. The normalized spacial score (nSPS) is 10.9. The minimum atomic E-state index is -0.475. The summed E-state index contributed by atoms with van der Waals surface area (Å²) in [6, 6.07) is 7.46. The SMILES string of the molecule is CC(C)Oc1ccc(/C=C/C(=O)Cl)cc1. The summed E-state index contributed by atoms with van der Waals surface area (Å²) in [5, 5.41) is -0.475. The second-order valence-electron chi connectivity index (χ2n) is 3.37. The summed E-state index contributed by atoms with van der Waals surface area (Å²) in [6.45, 7) is 3.94. The third-order valence-corrected chi connectivity index (χ3v) is 1.78. The Hall–Kier alpha value is -1.28. The fourth-order valence-electron chi connectivity index (χ4n) is 1.09. The molecule has 1 aromatic rings. The van der Waals surface area contributed by atoms with E-state index in [9.17, 15) is 4.79 Å². The molecule has 0 aliphatic heterocycles. The second kappa shape index (κ2) is 5.56. The zero-order valence-corrected chi connectivity index (χ0v) is 9.49. The van der Waals surface area contributed by atoms with Crippen molar-refractivity contribution in [3.63, 3.8) is 0 Å². The van der Waals surface area contributed by atoms with E-state index < -0.39 is 5.24 Å². The van der Waals surface area contributed by atoms with Gasteiger partial charge in [0.2, 0.25) is 5.24 Å². The van der Waals surface area contributed by atoms with E-state index in [1.54, 1.807) is 6.08 Å². The Balaban J connectivity index is 2.68. The number of allylic oxidation sites excluding steroid dienone is 1. The summed E-state index contributed by atoms with van der Waals surface area (Å²) in [7, 11) is 0. The van der Waals surface area contributed by atoms with Crippen molar-refractivity contribution in [2.24, 2.45) is 0 Å². The van der Waals surface area contributed by atoms with Crippen LogP contribution in [-0.4, -0.2) is 11.3 Å². The molecule has 1 rings (SSSR count). The number of hydrogen-bond acceptors (Lipinski definition) is 2. The molecule has 15 heavy (non-hydrogen) atoms. The van der Waals surface area contributed by atoms with Crippen molar-refractivity contribution in [1.29, 1.82) is 0 Å². The van der Waals surface area contributed by atoms with E-state index in [1.807, 2.05) is 38.1 Å². The molecule has 0 N–H and O–H groups in total. The van der Waals surface area contributed by atoms with Crippen molar-refractivity contribution in [2.75, 3.05) is 0 Å². The van der Waals surface area contributed by atoms with Gasteiger partial charge in [-0.15, -0.1) is 0 Å². The highest BCUT2D eigenvalue weighted by molar-refractivity contribution is 6.66. The van der Waals surface area contributed by atoms with Crippen LogP contribution in [0.5, 0.6) is 5.75 Å². The maximum Gasteiger partial charge on any atom is 0.245 e. The number of halogens is 1. The molecule has 1 aromatic carbocycles. The standard InChI is InChI=1S/C12H13ClO2/c1-9(2)15-11-6-3-10(4-7-11)5-8-12(13)14/h3-9H,1-2H3/b8-5+. The third kappa shape index (κ3) is 4.66. The summed E-state index contributed by atoms with van der Waals surface area (Å²) in [5.41, 5.74) is 0.917. The van der Waals surface area contributed by atoms with Crippen molar-refractivity contribution in [2.45, 2.75) is 20.0 Å². The van der Waals surface area contributed by atoms with Gasteiger partial charge in [0.15, 0.2) is 0 Å². The number of hydrogen-bond donors (Lipinski definition) is 0. The van der Waals surface area contributed by atoms with Crippen LogP contribution < -0.4 is 4.74 Å². The van der Waals surface area contributed by atoms with Gasteiger partial charge in [-0.25, -0.2) is 0 Å². The molecule has 0 atom stereocenters. The van der Waals surface area contributed by atoms with Gasteiger partial charge in [0.05, 0.1) is 6.10 Å². The largest absolute Gasteiger partial charge is 0.491 e. The molecular weight excluding hydrogens is 212 g/mol. The first-order valence-corrected chi connectivity index (χ1v) is 5.10. The molecule has 0 aromatic heterocycles. The first kappa shape index (κ1) is 11.8. The molecule has 0 spiro atoms. The molecule has 0 radical (unpaired) electrons. The molecule has 0 saturated carbocycles. The highest BCUT2D eigenvalue weighted by atomic mass is 35.5. The lowest BCUT2D eigenvalue weighted by Crippen LogP contribution is -2.05. The molecule has 3 heteroatoms. The van der Waals surface area contributed by atoms with Crippen molar-refractivity contribution < 1.29 is 9.53 Å². The first-order valence-electron chi connectivity index (χ1n) is 4.72. The Labute approximate surface area is 94.5 Å². The maximum absolute atomic E-state index is 10.5. The zero-order valence-electron chi connectivity index (χ0n) is 8.74. The molecule has 0 fully saturated rings. The van der Waals surface area contributed by atoms with Gasteiger partial charge >= 0.3 is 0 Å². The number of carbonyl (C=O) groups is 1. The molecule has 0 aliphatic rings. The molecule has 0 unspecified atom stereocenters. The lowest BCUT2D eigenvalue weighted by Gasteiger charge is -2.09. The van der Waals surface area contributed by atoms with Crippen LogP contribution in [0, 0.1) is 0 Å². The van der Waals surface area contributed by atoms with E-state index in [0.717, 1.165) is 11.3 Å². The smallest absolute Gasteiger partial charge is 0.245 e. The van der Waals surface area contributed by atoms with Crippen LogP contribution in [0.2, 0.25) is 0 Å². The summed E-state index contributed by atoms with van der Waals surface area (Å²) in [4.78, 5) is 10.5. The Bertz CT molecular complexity index is 352. The van der Waals surface area contributed by atoms with E-state index in [-0.39, 0.29) is 6.10 Å². The summed E-state index contributed by atoms with van der Waals surface area (Å²) in [6.07, 6.45) is 3.14. The topological polar surface area (TPSA) is 26.3 Å². The average Bonchev–Trinajstić information content (AvgIpc) is 2.16. The van der Waals surface area contributed by atoms with Crippen LogP contribution >= 0.6 is 11.6 Å². The van der Waals surface area contributed by atoms with Crippen LogP contribution in [-0.2, 0) is 4.79 Å². The van der Waals surface area contributed by atoms with Crippen LogP contribution in [0.4, 0.5) is 0 Å². The molecule has 0 aliphatic carbocycles. The van der Waals surface area contributed by atoms with E-state index in [4.69, 9.17) is 16.3 Å². The van der Waals surface area contributed by atoms with Gasteiger partial charge in [-0.3, -0.25) is 4.79 Å². The lowest BCUT2D eigenvalue weighted by atomic mass is 10.2. The fraction of sp³-hybridized carbons (Fsp3) is 0.250. The van der Waals surface area contributed by atoms with Gasteiger partial charge in [-0.2, -0.15) is 0 Å². The van der Waals surface area contributed by atoms with Crippen LogP contribution in [0.3, 0.4) is 0 Å². The highest BCUT2D eigenvalue weighted by Gasteiger charge is 1.96. The average molecular weight is 225 g/mol. The Kier molecular flexibility index (Phi) is 4.37. The number of carbonyl (C=O) groups excluding carboxylic acids is 1. The third-order valence-electron chi connectivity index (χ3n) is 1.66. The Morgan fingerprint density at radius 1 is 1.33 bits per heavy atom. The monoisotopic (exact) mass is 224 g/mol. The summed E-state index contributed by atoms with van der Waals surface area (Å²) >= 11 is 5.18. The van der Waals surface area contributed by atoms with Crippen LogP contribution in [0.1, 0.15) is 19.4 Å². The predicted molar refractivity (Wildman–Crippen MR) is 62.1 cm³/mol. The number of benzene rings is 1. The summed E-state index contributed by atoms with van der Waals surface area (Å²) in [5.74, 6) is 0.819. The molecule has 0 heterocycles. The van der Waals surface area contributed by atoms with E-state index in [1.165, 1.54) is 6.08 Å². The summed E-state index contributed by atoms with van der Waals surface area (Å²) < 4.78 is 5.48. The number of ether oxygens (including phenoxy) is 1.